The van der Waals surface area contributed by atoms with Gasteiger partial charge < -0.3 is 20.6 Å². The van der Waals surface area contributed by atoms with Gasteiger partial charge in [-0.2, -0.15) is 16.7 Å². The number of halogens is 2. The average Bonchev–Trinajstić information content (AvgIpc) is 3.00. The lowest BCUT2D eigenvalue weighted by atomic mass is 9.91. The second kappa shape index (κ2) is 14.8. The molecule has 1 fully saturated rings. The van der Waals surface area contributed by atoms with Crippen molar-refractivity contribution in [3.05, 3.63) is 94.0 Å². The number of rotatable bonds is 12. The molecule has 3 aromatic carbocycles. The Labute approximate surface area is 263 Å². The van der Waals surface area contributed by atoms with Gasteiger partial charge in [-0.25, -0.2) is 4.98 Å². The van der Waals surface area contributed by atoms with Gasteiger partial charge in [0.1, 0.15) is 5.82 Å². The summed E-state index contributed by atoms with van der Waals surface area (Å²) in [5.41, 5.74) is 3.09. The summed E-state index contributed by atoms with van der Waals surface area (Å²) in [6, 6.07) is 24.5. The summed E-state index contributed by atoms with van der Waals surface area (Å²) in [5, 5.41) is 21.2. The number of hydrogen-bond donors (Lipinski definition) is 3. The van der Waals surface area contributed by atoms with E-state index in [0.29, 0.717) is 29.5 Å². The highest BCUT2D eigenvalue weighted by atomic mass is 35.5. The van der Waals surface area contributed by atoms with Crippen molar-refractivity contribution in [2.45, 2.75) is 61.3 Å². The second-order valence-electron chi connectivity index (χ2n) is 11.2. The van der Waals surface area contributed by atoms with Crippen molar-refractivity contribution in [1.82, 2.24) is 15.3 Å². The summed E-state index contributed by atoms with van der Waals surface area (Å²) in [6.45, 7) is 0.839. The van der Waals surface area contributed by atoms with Crippen LogP contribution in [0.25, 0.3) is 10.9 Å². The first-order valence-electron chi connectivity index (χ1n) is 14.6. The van der Waals surface area contributed by atoms with E-state index in [-0.39, 0.29) is 5.25 Å². The standard InChI is InChI=1S/C33H39Cl2N5OS/c1-40(2)32-29-5-3-4-6-30(29)38-33(39-32)37-27-17-15-26(16-18-27)36-20-28(42-21-22-7-11-24(34)12-8-22)19-31(41)23-9-13-25(35)14-10-23/h3-14,26-28,31,36,41H,15-21H2,1-2H3,(H,37,38,39). The molecule has 0 bridgehead atoms. The van der Waals surface area contributed by atoms with Crippen LogP contribution in [0.1, 0.15) is 49.3 Å². The fraction of sp³-hybridized carbons (Fsp3) is 0.394. The summed E-state index contributed by atoms with van der Waals surface area (Å²) in [5.74, 6) is 2.50. The monoisotopic (exact) mass is 623 g/mol. The van der Waals surface area contributed by atoms with Gasteiger partial charge in [-0.1, -0.05) is 59.6 Å². The lowest BCUT2D eigenvalue weighted by Gasteiger charge is -2.31. The average molecular weight is 625 g/mol. The maximum absolute atomic E-state index is 11.0. The third kappa shape index (κ3) is 8.51. The van der Waals surface area contributed by atoms with Gasteiger partial charge in [0.2, 0.25) is 5.95 Å². The predicted molar refractivity (Wildman–Crippen MR) is 179 cm³/mol. The van der Waals surface area contributed by atoms with E-state index < -0.39 is 6.10 Å². The number of nitrogens with zero attached hydrogens (tertiary/aromatic N) is 3. The molecule has 0 saturated heterocycles. The van der Waals surface area contributed by atoms with Crippen LogP contribution in [0, 0.1) is 0 Å². The van der Waals surface area contributed by atoms with Crippen LogP contribution in [-0.4, -0.2) is 53.0 Å². The number of fused-ring (bicyclic) bond motifs is 1. The van der Waals surface area contributed by atoms with Crippen LogP contribution in [0.15, 0.2) is 72.8 Å². The molecule has 1 heterocycles. The van der Waals surface area contributed by atoms with Gasteiger partial charge >= 0.3 is 0 Å². The molecule has 0 aliphatic heterocycles. The maximum Gasteiger partial charge on any atom is 0.225 e. The Hall–Kier alpha value is -2.55. The van der Waals surface area contributed by atoms with E-state index in [0.717, 1.165) is 65.3 Å². The quantitative estimate of drug-likeness (QED) is 0.149. The van der Waals surface area contributed by atoms with Gasteiger partial charge in [0, 0.05) is 59.2 Å². The summed E-state index contributed by atoms with van der Waals surface area (Å²) < 4.78 is 0. The number of anilines is 2. The molecule has 2 unspecified atom stereocenters. The van der Waals surface area contributed by atoms with Crippen LogP contribution in [0.4, 0.5) is 11.8 Å². The van der Waals surface area contributed by atoms with Gasteiger partial charge in [0.25, 0.3) is 0 Å². The number of nitrogens with one attached hydrogen (secondary N) is 2. The molecule has 0 amide bonds. The maximum atomic E-state index is 11.0. The van der Waals surface area contributed by atoms with E-state index in [4.69, 9.17) is 33.2 Å². The van der Waals surface area contributed by atoms with Gasteiger partial charge in [-0.15, -0.1) is 0 Å². The first-order chi connectivity index (χ1) is 20.3. The summed E-state index contributed by atoms with van der Waals surface area (Å²) >= 11 is 14.0. The zero-order valence-electron chi connectivity index (χ0n) is 24.1. The van der Waals surface area contributed by atoms with Crippen LogP contribution in [0.2, 0.25) is 10.0 Å². The van der Waals surface area contributed by atoms with Crippen molar-refractivity contribution in [1.29, 1.82) is 0 Å². The van der Waals surface area contributed by atoms with E-state index in [2.05, 4.69) is 28.8 Å². The third-order valence-corrected chi connectivity index (χ3v) is 9.68. The zero-order chi connectivity index (χ0) is 29.5. The molecule has 2 atom stereocenters. The summed E-state index contributed by atoms with van der Waals surface area (Å²) in [7, 11) is 4.04. The van der Waals surface area contributed by atoms with Crippen molar-refractivity contribution >= 4 is 57.6 Å². The number of aliphatic hydroxyl groups excluding tert-OH is 1. The molecule has 222 valence electrons. The van der Waals surface area contributed by atoms with E-state index in [1.807, 2.05) is 85.4 Å². The minimum Gasteiger partial charge on any atom is -0.388 e. The van der Waals surface area contributed by atoms with Crippen LogP contribution in [0.5, 0.6) is 0 Å². The molecular weight excluding hydrogens is 585 g/mol. The number of aliphatic hydroxyl groups is 1. The molecule has 42 heavy (non-hydrogen) atoms. The molecule has 1 aliphatic carbocycles. The molecule has 0 spiro atoms. The lowest BCUT2D eigenvalue weighted by molar-refractivity contribution is 0.165. The third-order valence-electron chi connectivity index (χ3n) is 7.84. The number of hydrogen-bond acceptors (Lipinski definition) is 7. The fourth-order valence-corrected chi connectivity index (χ4v) is 6.87. The van der Waals surface area contributed by atoms with Crippen molar-refractivity contribution in [3.8, 4) is 0 Å². The molecule has 6 nitrogen and oxygen atoms in total. The molecule has 1 aliphatic rings. The Balaban J connectivity index is 1.16. The molecule has 4 aromatic rings. The minimum atomic E-state index is -0.541. The van der Waals surface area contributed by atoms with Crippen LogP contribution >= 0.6 is 35.0 Å². The van der Waals surface area contributed by atoms with Gasteiger partial charge in [-0.05, 0) is 79.6 Å². The fourth-order valence-electron chi connectivity index (χ4n) is 5.46. The van der Waals surface area contributed by atoms with E-state index in [9.17, 15) is 5.11 Å². The number of para-hydroxylation sites is 1. The highest BCUT2D eigenvalue weighted by Crippen LogP contribution is 2.30. The second-order valence-corrected chi connectivity index (χ2v) is 13.4. The topological polar surface area (TPSA) is 73.3 Å². The Morgan fingerprint density at radius 2 is 1.52 bits per heavy atom. The molecule has 3 N–H and O–H groups in total. The molecule has 1 saturated carbocycles. The van der Waals surface area contributed by atoms with Crippen LogP contribution in [-0.2, 0) is 5.75 Å². The van der Waals surface area contributed by atoms with Crippen LogP contribution < -0.4 is 15.5 Å². The largest absolute Gasteiger partial charge is 0.388 e. The van der Waals surface area contributed by atoms with Crippen molar-refractivity contribution in [2.75, 3.05) is 30.9 Å². The molecule has 5 rings (SSSR count). The Morgan fingerprint density at radius 3 is 2.21 bits per heavy atom. The number of benzene rings is 3. The molecular formula is C33H39Cl2N5OS. The van der Waals surface area contributed by atoms with E-state index in [1.54, 1.807) is 0 Å². The van der Waals surface area contributed by atoms with Gasteiger partial charge in [0.15, 0.2) is 0 Å². The highest BCUT2D eigenvalue weighted by molar-refractivity contribution is 7.99. The zero-order valence-corrected chi connectivity index (χ0v) is 26.5. The van der Waals surface area contributed by atoms with Crippen LogP contribution in [0.3, 0.4) is 0 Å². The van der Waals surface area contributed by atoms with Crippen molar-refractivity contribution in [3.63, 3.8) is 0 Å². The Kier molecular flexibility index (Phi) is 10.9. The first kappa shape index (κ1) is 30.9. The summed E-state index contributed by atoms with van der Waals surface area (Å²) in [6.07, 6.45) is 4.40. The molecule has 1 aromatic heterocycles. The minimum absolute atomic E-state index is 0.248. The van der Waals surface area contributed by atoms with E-state index in [1.165, 1.54) is 5.56 Å². The highest BCUT2D eigenvalue weighted by Gasteiger charge is 2.24. The number of thioether (sulfide) groups is 1. The van der Waals surface area contributed by atoms with Crippen molar-refractivity contribution in [2.24, 2.45) is 0 Å². The SMILES string of the molecule is CN(C)c1nc(NC2CCC(NCC(CC(O)c3ccc(Cl)cc3)SCc3ccc(Cl)cc3)CC2)nc2ccccc12. The van der Waals surface area contributed by atoms with E-state index >= 15 is 0 Å². The first-order valence-corrected chi connectivity index (χ1v) is 16.4. The predicted octanol–water partition coefficient (Wildman–Crippen LogP) is 7.74. The molecule has 9 heteroatoms. The smallest absolute Gasteiger partial charge is 0.225 e. The number of aromatic nitrogens is 2. The normalized spacial score (nSPS) is 18.5. The lowest BCUT2D eigenvalue weighted by Crippen LogP contribution is -2.40. The van der Waals surface area contributed by atoms with Gasteiger partial charge in [0.05, 0.1) is 11.6 Å². The Bertz CT molecular complexity index is 1430. The summed E-state index contributed by atoms with van der Waals surface area (Å²) in [4.78, 5) is 11.7. The Morgan fingerprint density at radius 1 is 0.881 bits per heavy atom. The van der Waals surface area contributed by atoms with Crippen molar-refractivity contribution < 1.29 is 5.11 Å². The van der Waals surface area contributed by atoms with Gasteiger partial charge in [-0.3, -0.25) is 0 Å². The molecule has 0 radical (unpaired) electrons.